The normalized spacial score (nSPS) is 17.3. The third-order valence-corrected chi connectivity index (χ3v) is 6.26. The van der Waals surface area contributed by atoms with Crippen LogP contribution in [-0.4, -0.2) is 47.2 Å². The van der Waals surface area contributed by atoms with Gasteiger partial charge in [-0.05, 0) is 50.8 Å². The zero-order valence-electron chi connectivity index (χ0n) is 18.7. The first-order valence-corrected chi connectivity index (χ1v) is 11.3. The van der Waals surface area contributed by atoms with Crippen molar-refractivity contribution < 1.29 is 14.4 Å². The molecule has 0 atom stereocenters. The molecule has 2 aliphatic rings. The van der Waals surface area contributed by atoms with Crippen LogP contribution in [0.5, 0.6) is 0 Å². The summed E-state index contributed by atoms with van der Waals surface area (Å²) >= 11 is 0. The van der Waals surface area contributed by atoms with Gasteiger partial charge in [-0.1, -0.05) is 24.6 Å². The Kier molecular flexibility index (Phi) is 6.44. The third-order valence-electron chi connectivity index (χ3n) is 6.26. The van der Waals surface area contributed by atoms with Crippen LogP contribution in [0.1, 0.15) is 65.0 Å². The minimum Gasteiger partial charge on any atom is -0.358 e. The number of hydrogen-bond acceptors (Lipinski definition) is 3. The standard InChI is InChI=1S/C25H30N4O3/c1-16-21(15-19-18-9-5-6-10-20(18)28-24(19)31)27-17(2)23(16)25(32)26-12-8-14-29-13-7-3-4-11-22(29)30/h5-6,9-10,15,27H,3-4,7-8,11-14H2,1-2H3,(H,26,32)(H,28,31). The number of carbonyl (C=O) groups excluding carboxylic acids is 3. The van der Waals surface area contributed by atoms with Crippen molar-refractivity contribution in [3.8, 4) is 0 Å². The van der Waals surface area contributed by atoms with Crippen LogP contribution in [0.2, 0.25) is 0 Å². The Morgan fingerprint density at radius 2 is 1.97 bits per heavy atom. The molecule has 2 aliphatic heterocycles. The number of aromatic amines is 1. The van der Waals surface area contributed by atoms with Crippen molar-refractivity contribution in [2.45, 2.75) is 46.0 Å². The molecule has 0 bridgehead atoms. The highest BCUT2D eigenvalue weighted by molar-refractivity contribution is 6.34. The minimum atomic E-state index is -0.146. The fourth-order valence-electron chi connectivity index (χ4n) is 4.52. The van der Waals surface area contributed by atoms with Gasteiger partial charge >= 0.3 is 0 Å². The fraction of sp³-hybridized carbons (Fsp3) is 0.400. The molecular formula is C25H30N4O3. The smallest absolute Gasteiger partial charge is 0.256 e. The van der Waals surface area contributed by atoms with Gasteiger partial charge in [0.1, 0.15) is 0 Å². The van der Waals surface area contributed by atoms with Gasteiger partial charge in [0.15, 0.2) is 0 Å². The van der Waals surface area contributed by atoms with Gasteiger partial charge in [-0.3, -0.25) is 14.4 Å². The summed E-state index contributed by atoms with van der Waals surface area (Å²) in [5.74, 6) is -0.0624. The molecule has 0 radical (unpaired) electrons. The van der Waals surface area contributed by atoms with Gasteiger partial charge in [-0.2, -0.15) is 0 Å². The number of aromatic nitrogens is 1. The molecular weight excluding hydrogens is 404 g/mol. The SMILES string of the molecule is Cc1[nH]c(C=C2C(=O)Nc3ccccc32)c(C)c1C(=O)NCCCN1CCCCCC1=O. The number of nitrogens with zero attached hydrogens (tertiary/aromatic N) is 1. The number of aryl methyl sites for hydroxylation is 1. The van der Waals surface area contributed by atoms with E-state index in [9.17, 15) is 14.4 Å². The number of fused-ring (bicyclic) bond motifs is 1. The van der Waals surface area contributed by atoms with Gasteiger partial charge in [0, 0.05) is 48.7 Å². The van der Waals surface area contributed by atoms with Crippen LogP contribution in [0.4, 0.5) is 5.69 Å². The summed E-state index contributed by atoms with van der Waals surface area (Å²) in [4.78, 5) is 42.6. The van der Waals surface area contributed by atoms with Crippen molar-refractivity contribution in [3.05, 3.63) is 52.3 Å². The highest BCUT2D eigenvalue weighted by Crippen LogP contribution is 2.33. The quantitative estimate of drug-likeness (QED) is 0.478. The molecule has 1 saturated heterocycles. The Hall–Kier alpha value is -3.35. The van der Waals surface area contributed by atoms with Gasteiger partial charge < -0.3 is 20.5 Å². The maximum absolute atomic E-state index is 12.9. The van der Waals surface area contributed by atoms with E-state index in [4.69, 9.17) is 0 Å². The molecule has 7 heteroatoms. The van der Waals surface area contributed by atoms with Crippen LogP contribution in [-0.2, 0) is 9.59 Å². The molecule has 1 fully saturated rings. The first-order valence-electron chi connectivity index (χ1n) is 11.3. The summed E-state index contributed by atoms with van der Waals surface area (Å²) < 4.78 is 0. The Morgan fingerprint density at radius 3 is 2.81 bits per heavy atom. The molecule has 0 spiro atoms. The van der Waals surface area contributed by atoms with E-state index in [1.807, 2.05) is 49.1 Å². The molecule has 3 amide bonds. The average molecular weight is 435 g/mol. The van der Waals surface area contributed by atoms with E-state index in [1.165, 1.54) is 0 Å². The summed E-state index contributed by atoms with van der Waals surface area (Å²) in [6, 6.07) is 7.57. The number of carbonyl (C=O) groups is 3. The Balaban J connectivity index is 1.41. The van der Waals surface area contributed by atoms with E-state index >= 15 is 0 Å². The largest absolute Gasteiger partial charge is 0.358 e. The Labute approximate surface area is 188 Å². The van der Waals surface area contributed by atoms with Crippen LogP contribution >= 0.6 is 0 Å². The van der Waals surface area contributed by atoms with Crippen LogP contribution < -0.4 is 10.6 Å². The van der Waals surface area contributed by atoms with Gasteiger partial charge in [0.05, 0.1) is 11.1 Å². The lowest BCUT2D eigenvalue weighted by Gasteiger charge is -2.20. The van der Waals surface area contributed by atoms with Crippen LogP contribution in [0.25, 0.3) is 11.6 Å². The first kappa shape index (κ1) is 21.9. The summed E-state index contributed by atoms with van der Waals surface area (Å²) in [7, 11) is 0. The van der Waals surface area contributed by atoms with Crippen LogP contribution in [0.15, 0.2) is 24.3 Å². The highest BCUT2D eigenvalue weighted by atomic mass is 16.2. The summed E-state index contributed by atoms with van der Waals surface area (Å²) in [5.41, 5.74) is 5.18. The van der Waals surface area contributed by atoms with E-state index in [2.05, 4.69) is 15.6 Å². The lowest BCUT2D eigenvalue weighted by Crippen LogP contribution is -2.34. The van der Waals surface area contributed by atoms with Crippen molar-refractivity contribution in [1.82, 2.24) is 15.2 Å². The maximum atomic E-state index is 12.9. The third kappa shape index (κ3) is 4.47. The molecule has 1 aromatic heterocycles. The van der Waals surface area contributed by atoms with Crippen LogP contribution in [0, 0.1) is 13.8 Å². The number of anilines is 1. The molecule has 2 aromatic rings. The molecule has 7 nitrogen and oxygen atoms in total. The number of amides is 3. The number of para-hydroxylation sites is 1. The topological polar surface area (TPSA) is 94.3 Å². The summed E-state index contributed by atoms with van der Waals surface area (Å²) in [5, 5.41) is 5.86. The summed E-state index contributed by atoms with van der Waals surface area (Å²) in [6.07, 6.45) is 6.31. The number of benzene rings is 1. The molecule has 0 saturated carbocycles. The number of rotatable bonds is 6. The molecule has 32 heavy (non-hydrogen) atoms. The Morgan fingerprint density at radius 1 is 1.16 bits per heavy atom. The second-order valence-electron chi connectivity index (χ2n) is 8.52. The molecule has 0 aliphatic carbocycles. The Bertz CT molecular complexity index is 1080. The maximum Gasteiger partial charge on any atom is 0.256 e. The van der Waals surface area contributed by atoms with Gasteiger partial charge in [-0.15, -0.1) is 0 Å². The molecule has 1 aromatic carbocycles. The zero-order valence-corrected chi connectivity index (χ0v) is 18.7. The van der Waals surface area contributed by atoms with E-state index in [0.29, 0.717) is 30.6 Å². The molecule has 168 valence electrons. The predicted octanol–water partition coefficient (Wildman–Crippen LogP) is 3.65. The van der Waals surface area contributed by atoms with Gasteiger partial charge in [0.25, 0.3) is 11.8 Å². The number of nitrogens with one attached hydrogen (secondary N) is 3. The number of H-pyrrole nitrogens is 1. The van der Waals surface area contributed by atoms with Gasteiger partial charge in [-0.25, -0.2) is 0 Å². The molecule has 0 unspecified atom stereocenters. The molecule has 3 heterocycles. The molecule has 4 rings (SSSR count). The monoisotopic (exact) mass is 434 g/mol. The highest BCUT2D eigenvalue weighted by Gasteiger charge is 2.25. The number of likely N-dealkylation sites (tertiary alicyclic amines) is 1. The van der Waals surface area contributed by atoms with Crippen molar-refractivity contribution in [3.63, 3.8) is 0 Å². The lowest BCUT2D eigenvalue weighted by atomic mass is 10.0. The van der Waals surface area contributed by atoms with E-state index in [0.717, 1.165) is 60.4 Å². The van der Waals surface area contributed by atoms with Crippen LogP contribution in [0.3, 0.4) is 0 Å². The predicted molar refractivity (Wildman–Crippen MR) is 125 cm³/mol. The van der Waals surface area contributed by atoms with E-state index in [1.54, 1.807) is 0 Å². The first-order chi connectivity index (χ1) is 15.5. The minimum absolute atomic E-state index is 0.139. The van der Waals surface area contributed by atoms with E-state index in [-0.39, 0.29) is 17.7 Å². The fourth-order valence-corrected chi connectivity index (χ4v) is 4.52. The van der Waals surface area contributed by atoms with Crippen molar-refractivity contribution in [2.24, 2.45) is 0 Å². The second-order valence-corrected chi connectivity index (χ2v) is 8.52. The van der Waals surface area contributed by atoms with Crippen molar-refractivity contribution in [2.75, 3.05) is 25.0 Å². The zero-order chi connectivity index (χ0) is 22.7. The van der Waals surface area contributed by atoms with Crippen molar-refractivity contribution in [1.29, 1.82) is 0 Å². The van der Waals surface area contributed by atoms with E-state index < -0.39 is 0 Å². The van der Waals surface area contributed by atoms with Gasteiger partial charge in [0.2, 0.25) is 5.91 Å². The van der Waals surface area contributed by atoms with Crippen molar-refractivity contribution >= 4 is 35.1 Å². The summed E-state index contributed by atoms with van der Waals surface area (Å²) in [6.45, 7) is 5.76. The molecule has 3 N–H and O–H groups in total. The number of hydrogen-bond donors (Lipinski definition) is 3. The lowest BCUT2D eigenvalue weighted by molar-refractivity contribution is -0.130. The second kappa shape index (κ2) is 9.42. The average Bonchev–Trinajstić information content (AvgIpc) is 3.13.